The average Bonchev–Trinajstić information content (AvgIpc) is 3.57. The zero-order valence-corrected chi connectivity index (χ0v) is 19.1. The zero-order chi connectivity index (χ0) is 22.0. The van der Waals surface area contributed by atoms with E-state index in [2.05, 4.69) is 35.4 Å². The topological polar surface area (TPSA) is 46.9 Å². The summed E-state index contributed by atoms with van der Waals surface area (Å²) in [5.41, 5.74) is 4.90. The fraction of sp³-hybridized carbons (Fsp3) is 0.480. The van der Waals surface area contributed by atoms with Crippen LogP contribution < -0.4 is 9.47 Å². The van der Waals surface area contributed by atoms with Crippen LogP contribution in [-0.2, 0) is 11.3 Å². The van der Waals surface area contributed by atoms with Gasteiger partial charge in [-0.2, -0.15) is 0 Å². The molecule has 1 aliphatic heterocycles. The normalized spacial score (nSPS) is 17.4. The molecule has 1 aromatic carbocycles. The van der Waals surface area contributed by atoms with Gasteiger partial charge in [-0.05, 0) is 62.1 Å². The molecule has 2 aliphatic rings. The number of ether oxygens (including phenoxy) is 2. The minimum absolute atomic E-state index is 0.0991. The smallest absolute Gasteiger partial charge is 0.246 e. The molecule has 6 nitrogen and oxygen atoms in total. The molecule has 2 fully saturated rings. The lowest BCUT2D eigenvalue weighted by molar-refractivity contribution is -0.127. The number of aromatic nitrogens is 1. The SMILES string of the molecule is COc1ccc(CN2CCN(C(=O)/C=C/c3cc(C)n(C4CC4)c3C)CC2)cc1OC. The number of rotatable bonds is 7. The molecule has 2 aromatic rings. The molecule has 0 unspecified atom stereocenters. The van der Waals surface area contributed by atoms with Gasteiger partial charge in [-0.25, -0.2) is 0 Å². The summed E-state index contributed by atoms with van der Waals surface area (Å²) in [5, 5.41) is 0. The van der Waals surface area contributed by atoms with Crippen molar-refractivity contribution in [1.82, 2.24) is 14.4 Å². The van der Waals surface area contributed by atoms with Crippen LogP contribution in [0.3, 0.4) is 0 Å². The van der Waals surface area contributed by atoms with Crippen LogP contribution in [-0.4, -0.2) is 60.7 Å². The third-order valence-electron chi connectivity index (χ3n) is 6.38. The largest absolute Gasteiger partial charge is 0.493 e. The molecule has 1 aromatic heterocycles. The van der Waals surface area contributed by atoms with Crippen molar-refractivity contribution in [3.8, 4) is 11.5 Å². The van der Waals surface area contributed by atoms with E-state index in [9.17, 15) is 4.79 Å². The number of hydrogen-bond acceptors (Lipinski definition) is 4. The highest BCUT2D eigenvalue weighted by molar-refractivity contribution is 5.92. The maximum absolute atomic E-state index is 12.7. The maximum atomic E-state index is 12.7. The van der Waals surface area contributed by atoms with Crippen LogP contribution in [0, 0.1) is 13.8 Å². The summed E-state index contributed by atoms with van der Waals surface area (Å²) < 4.78 is 13.1. The van der Waals surface area contributed by atoms with Crippen LogP contribution in [0.5, 0.6) is 11.5 Å². The highest BCUT2D eigenvalue weighted by Gasteiger charge is 2.26. The van der Waals surface area contributed by atoms with Crippen LogP contribution in [0.1, 0.15) is 41.4 Å². The lowest BCUT2D eigenvalue weighted by Crippen LogP contribution is -2.47. The molecule has 1 amide bonds. The summed E-state index contributed by atoms with van der Waals surface area (Å²) in [6.07, 6.45) is 6.26. The van der Waals surface area contributed by atoms with E-state index in [-0.39, 0.29) is 5.91 Å². The molecule has 0 bridgehead atoms. The molecule has 0 N–H and O–H groups in total. The van der Waals surface area contributed by atoms with Gasteiger partial charge in [0.1, 0.15) is 0 Å². The Labute approximate surface area is 185 Å². The minimum Gasteiger partial charge on any atom is -0.493 e. The summed E-state index contributed by atoms with van der Waals surface area (Å²) in [6.45, 7) is 8.37. The molecule has 6 heteroatoms. The first-order chi connectivity index (χ1) is 15.0. The molecular weight excluding hydrogens is 390 g/mol. The van der Waals surface area contributed by atoms with Gasteiger partial charge in [0.05, 0.1) is 14.2 Å². The Hall–Kier alpha value is -2.73. The van der Waals surface area contributed by atoms with Crippen molar-refractivity contribution in [3.63, 3.8) is 0 Å². The van der Waals surface area contributed by atoms with Crippen molar-refractivity contribution >= 4 is 12.0 Å². The summed E-state index contributed by atoms with van der Waals surface area (Å²) >= 11 is 0. The second-order valence-electron chi connectivity index (χ2n) is 8.55. The molecule has 4 rings (SSSR count). The lowest BCUT2D eigenvalue weighted by Gasteiger charge is -2.34. The van der Waals surface area contributed by atoms with Crippen molar-refractivity contribution in [2.45, 2.75) is 39.3 Å². The van der Waals surface area contributed by atoms with Crippen molar-refractivity contribution in [1.29, 1.82) is 0 Å². The summed E-state index contributed by atoms with van der Waals surface area (Å²) in [6, 6.07) is 8.89. The van der Waals surface area contributed by atoms with Crippen LogP contribution in [0.2, 0.25) is 0 Å². The van der Waals surface area contributed by atoms with Crippen molar-refractivity contribution in [2.75, 3.05) is 40.4 Å². The third kappa shape index (κ3) is 4.79. The Balaban J connectivity index is 1.31. The van der Waals surface area contributed by atoms with Crippen LogP contribution >= 0.6 is 0 Å². The van der Waals surface area contributed by atoms with Gasteiger partial charge in [0.15, 0.2) is 11.5 Å². The van der Waals surface area contributed by atoms with Crippen LogP contribution in [0.25, 0.3) is 6.08 Å². The van der Waals surface area contributed by atoms with Crippen LogP contribution in [0.15, 0.2) is 30.3 Å². The summed E-state index contributed by atoms with van der Waals surface area (Å²) in [5.74, 6) is 1.59. The lowest BCUT2D eigenvalue weighted by atomic mass is 10.1. The molecule has 1 saturated heterocycles. The first-order valence-electron chi connectivity index (χ1n) is 11.1. The van der Waals surface area contributed by atoms with Gasteiger partial charge < -0.3 is 18.9 Å². The third-order valence-corrected chi connectivity index (χ3v) is 6.38. The number of aryl methyl sites for hydroxylation is 1. The Bertz CT molecular complexity index is 967. The number of hydrogen-bond donors (Lipinski definition) is 0. The predicted octanol–water partition coefficient (Wildman–Crippen LogP) is 3.81. The van der Waals surface area contributed by atoms with E-state index in [1.54, 1.807) is 20.3 Å². The van der Waals surface area contributed by atoms with Gasteiger partial charge in [0.2, 0.25) is 5.91 Å². The number of nitrogens with zero attached hydrogens (tertiary/aromatic N) is 3. The van der Waals surface area contributed by atoms with E-state index in [0.29, 0.717) is 6.04 Å². The Morgan fingerprint density at radius 2 is 1.74 bits per heavy atom. The maximum Gasteiger partial charge on any atom is 0.246 e. The molecule has 1 saturated carbocycles. The monoisotopic (exact) mass is 423 g/mol. The molecular formula is C25H33N3O3. The second kappa shape index (κ2) is 9.18. The molecule has 2 heterocycles. The van der Waals surface area contributed by atoms with Crippen molar-refractivity contribution in [3.05, 3.63) is 52.9 Å². The van der Waals surface area contributed by atoms with Gasteiger partial charge in [-0.3, -0.25) is 9.69 Å². The van der Waals surface area contributed by atoms with Crippen molar-refractivity contribution < 1.29 is 14.3 Å². The van der Waals surface area contributed by atoms with Crippen LogP contribution in [0.4, 0.5) is 0 Å². The molecule has 166 valence electrons. The van der Waals surface area contributed by atoms with Crippen molar-refractivity contribution in [2.24, 2.45) is 0 Å². The van der Waals surface area contributed by atoms with E-state index in [4.69, 9.17) is 9.47 Å². The number of amides is 1. The van der Waals surface area contributed by atoms with E-state index in [0.717, 1.165) is 49.8 Å². The number of carbonyl (C=O) groups excluding carboxylic acids is 1. The zero-order valence-electron chi connectivity index (χ0n) is 19.1. The summed E-state index contributed by atoms with van der Waals surface area (Å²) in [7, 11) is 3.30. The van der Waals surface area contributed by atoms with E-state index >= 15 is 0 Å². The fourth-order valence-corrected chi connectivity index (χ4v) is 4.50. The van der Waals surface area contributed by atoms with E-state index in [1.807, 2.05) is 23.1 Å². The molecule has 0 atom stereocenters. The number of benzene rings is 1. The molecule has 0 spiro atoms. The Morgan fingerprint density at radius 3 is 2.39 bits per heavy atom. The first-order valence-corrected chi connectivity index (χ1v) is 11.1. The van der Waals surface area contributed by atoms with Gasteiger partial charge in [-0.1, -0.05) is 6.07 Å². The van der Waals surface area contributed by atoms with Gasteiger partial charge >= 0.3 is 0 Å². The van der Waals surface area contributed by atoms with E-state index < -0.39 is 0 Å². The number of methoxy groups -OCH3 is 2. The highest BCUT2D eigenvalue weighted by atomic mass is 16.5. The Kier molecular flexibility index (Phi) is 6.37. The number of carbonyl (C=O) groups is 1. The predicted molar refractivity (Wildman–Crippen MR) is 123 cm³/mol. The molecule has 0 radical (unpaired) electrons. The van der Waals surface area contributed by atoms with Gasteiger partial charge in [0, 0.05) is 56.2 Å². The summed E-state index contributed by atoms with van der Waals surface area (Å²) in [4.78, 5) is 17.0. The Morgan fingerprint density at radius 1 is 1.03 bits per heavy atom. The fourth-order valence-electron chi connectivity index (χ4n) is 4.50. The average molecular weight is 424 g/mol. The van der Waals surface area contributed by atoms with E-state index in [1.165, 1.54) is 29.8 Å². The standard InChI is InChI=1S/C25H33N3O3/c1-18-15-21(19(2)28(18)22-7-8-22)6-10-25(29)27-13-11-26(12-14-27)17-20-5-9-23(30-3)24(16-20)31-4/h5-6,9-10,15-16,22H,7-8,11-14,17H2,1-4H3/b10-6+. The highest BCUT2D eigenvalue weighted by Crippen LogP contribution is 2.38. The molecule has 31 heavy (non-hydrogen) atoms. The first kappa shape index (κ1) is 21.5. The quantitative estimate of drug-likeness (QED) is 0.636. The minimum atomic E-state index is 0.0991. The second-order valence-corrected chi connectivity index (χ2v) is 8.55. The van der Waals surface area contributed by atoms with Gasteiger partial charge in [0.25, 0.3) is 0 Å². The van der Waals surface area contributed by atoms with Gasteiger partial charge in [-0.15, -0.1) is 0 Å². The molecule has 1 aliphatic carbocycles. The number of piperazine rings is 1.